The van der Waals surface area contributed by atoms with E-state index in [2.05, 4.69) is 16.2 Å². The van der Waals surface area contributed by atoms with Crippen molar-refractivity contribution in [3.63, 3.8) is 0 Å². The number of ether oxygens (including phenoxy) is 1. The van der Waals surface area contributed by atoms with Gasteiger partial charge in [0.1, 0.15) is 23.5 Å². The summed E-state index contributed by atoms with van der Waals surface area (Å²) >= 11 is 5.23. The zero-order valence-corrected chi connectivity index (χ0v) is 15.1. The topological polar surface area (TPSA) is 57.9 Å². The third-order valence-corrected chi connectivity index (χ3v) is 4.14. The van der Waals surface area contributed by atoms with E-state index < -0.39 is 18.3 Å². The van der Waals surface area contributed by atoms with Gasteiger partial charge in [0.25, 0.3) is 0 Å². The first-order valence-electron chi connectivity index (χ1n) is 7.65. The number of nitrogens with zero attached hydrogens (tertiary/aromatic N) is 2. The smallest absolute Gasteiger partial charge is 0.151 e. The molecular formula is C19H18FN3OS. The SMILES string of the molecule is C#Cc1cnc2c(C)cc(OC(C)C(=S)NC(C)(C#N)CF)cc2c1. The fraction of sp³-hybridized carbons (Fsp3) is 0.316. The fourth-order valence-electron chi connectivity index (χ4n) is 2.27. The van der Waals surface area contributed by atoms with Crippen LogP contribution in [0.2, 0.25) is 0 Å². The summed E-state index contributed by atoms with van der Waals surface area (Å²) in [4.78, 5) is 4.62. The van der Waals surface area contributed by atoms with Crippen molar-refractivity contribution in [2.24, 2.45) is 0 Å². The molecule has 0 aliphatic carbocycles. The number of alkyl halides is 1. The average molecular weight is 355 g/mol. The van der Waals surface area contributed by atoms with Crippen LogP contribution < -0.4 is 10.1 Å². The molecule has 1 aromatic carbocycles. The second kappa shape index (κ2) is 7.46. The standard InChI is InChI=1S/C19H18FN3OS/c1-5-14-7-15-8-16(6-12(2)17(15)22-9-14)24-13(3)18(25)23-19(4,10-20)11-21/h1,6-9,13H,10H2,2-4H3,(H,23,25). The second-order valence-corrected chi connectivity index (χ2v) is 6.45. The molecule has 0 spiro atoms. The Bertz CT molecular complexity index is 900. The van der Waals surface area contributed by atoms with Crippen LogP contribution >= 0.6 is 12.2 Å². The summed E-state index contributed by atoms with van der Waals surface area (Å²) in [5.41, 5.74) is 1.10. The van der Waals surface area contributed by atoms with Crippen molar-refractivity contribution < 1.29 is 9.13 Å². The van der Waals surface area contributed by atoms with E-state index in [9.17, 15) is 4.39 Å². The van der Waals surface area contributed by atoms with Crippen molar-refractivity contribution in [1.82, 2.24) is 10.3 Å². The highest BCUT2D eigenvalue weighted by atomic mass is 32.1. The van der Waals surface area contributed by atoms with Crippen molar-refractivity contribution in [1.29, 1.82) is 5.26 Å². The number of hydrogen-bond acceptors (Lipinski definition) is 4. The maximum atomic E-state index is 13.0. The highest BCUT2D eigenvalue weighted by Crippen LogP contribution is 2.25. The van der Waals surface area contributed by atoms with E-state index in [-0.39, 0.29) is 4.99 Å². The molecule has 128 valence electrons. The Balaban J connectivity index is 2.23. The molecule has 0 fully saturated rings. The Kier molecular flexibility index (Phi) is 5.56. The van der Waals surface area contributed by atoms with E-state index in [1.807, 2.05) is 31.2 Å². The van der Waals surface area contributed by atoms with Crippen LogP contribution in [0.4, 0.5) is 4.39 Å². The van der Waals surface area contributed by atoms with E-state index >= 15 is 0 Å². The summed E-state index contributed by atoms with van der Waals surface area (Å²) in [5, 5.41) is 12.6. The highest BCUT2D eigenvalue weighted by molar-refractivity contribution is 7.80. The van der Waals surface area contributed by atoms with Crippen LogP contribution in [0.15, 0.2) is 24.4 Å². The lowest BCUT2D eigenvalue weighted by Gasteiger charge is -2.25. The number of benzene rings is 1. The van der Waals surface area contributed by atoms with E-state index in [1.165, 1.54) is 6.92 Å². The summed E-state index contributed by atoms with van der Waals surface area (Å²) in [6.45, 7) is 4.25. The Morgan fingerprint density at radius 3 is 2.84 bits per heavy atom. The van der Waals surface area contributed by atoms with Crippen molar-refractivity contribution in [3.8, 4) is 24.2 Å². The maximum absolute atomic E-state index is 13.0. The van der Waals surface area contributed by atoms with Gasteiger partial charge in [-0.2, -0.15) is 5.26 Å². The third-order valence-electron chi connectivity index (χ3n) is 3.71. The highest BCUT2D eigenvalue weighted by Gasteiger charge is 2.27. The minimum Gasteiger partial charge on any atom is -0.484 e. The maximum Gasteiger partial charge on any atom is 0.151 e. The van der Waals surface area contributed by atoms with Gasteiger partial charge in [0.15, 0.2) is 5.54 Å². The summed E-state index contributed by atoms with van der Waals surface area (Å²) in [6.07, 6.45) is 6.54. The van der Waals surface area contributed by atoms with Gasteiger partial charge in [-0.1, -0.05) is 18.1 Å². The van der Waals surface area contributed by atoms with Gasteiger partial charge >= 0.3 is 0 Å². The van der Waals surface area contributed by atoms with Crippen LogP contribution in [0.3, 0.4) is 0 Å². The fourth-order valence-corrected chi connectivity index (χ4v) is 2.54. The molecule has 2 aromatic rings. The molecule has 1 aromatic heterocycles. The van der Waals surface area contributed by atoms with Crippen LogP contribution in [-0.4, -0.2) is 28.3 Å². The van der Waals surface area contributed by atoms with Crippen LogP contribution in [0.25, 0.3) is 10.9 Å². The zero-order chi connectivity index (χ0) is 18.6. The lowest BCUT2D eigenvalue weighted by molar-refractivity contribution is 0.277. The van der Waals surface area contributed by atoms with Crippen LogP contribution in [0.5, 0.6) is 5.75 Å². The normalized spacial score (nSPS) is 14.0. The lowest BCUT2D eigenvalue weighted by Crippen LogP contribution is -2.50. The van der Waals surface area contributed by atoms with Crippen LogP contribution in [-0.2, 0) is 0 Å². The predicted molar refractivity (Wildman–Crippen MR) is 100 cm³/mol. The second-order valence-electron chi connectivity index (χ2n) is 6.01. The largest absolute Gasteiger partial charge is 0.484 e. The molecular weight excluding hydrogens is 337 g/mol. The van der Waals surface area contributed by atoms with E-state index in [4.69, 9.17) is 28.6 Å². The molecule has 2 atom stereocenters. The van der Waals surface area contributed by atoms with Crippen molar-refractivity contribution in [3.05, 3.63) is 35.5 Å². The molecule has 25 heavy (non-hydrogen) atoms. The molecule has 1 N–H and O–H groups in total. The first kappa shape index (κ1) is 18.6. The summed E-state index contributed by atoms with van der Waals surface area (Å²) < 4.78 is 18.8. The number of rotatable bonds is 5. The van der Waals surface area contributed by atoms with E-state index in [0.29, 0.717) is 11.3 Å². The number of pyridine rings is 1. The zero-order valence-electron chi connectivity index (χ0n) is 14.3. The molecule has 0 radical (unpaired) electrons. The molecule has 2 rings (SSSR count). The molecule has 0 saturated carbocycles. The number of fused-ring (bicyclic) bond motifs is 1. The quantitative estimate of drug-likeness (QED) is 0.657. The Morgan fingerprint density at radius 1 is 1.52 bits per heavy atom. The van der Waals surface area contributed by atoms with Crippen molar-refractivity contribution >= 4 is 28.1 Å². The minimum absolute atomic E-state index is 0.259. The molecule has 2 unspecified atom stereocenters. The number of aromatic nitrogens is 1. The van der Waals surface area contributed by atoms with Gasteiger partial charge < -0.3 is 10.1 Å². The summed E-state index contributed by atoms with van der Waals surface area (Å²) in [6, 6.07) is 7.41. The third kappa shape index (κ3) is 4.23. The summed E-state index contributed by atoms with van der Waals surface area (Å²) in [5.74, 6) is 3.15. The van der Waals surface area contributed by atoms with Crippen molar-refractivity contribution in [2.75, 3.05) is 6.67 Å². The van der Waals surface area contributed by atoms with Gasteiger partial charge in [0, 0.05) is 17.1 Å². The molecule has 4 nitrogen and oxygen atoms in total. The molecule has 6 heteroatoms. The summed E-state index contributed by atoms with van der Waals surface area (Å²) in [7, 11) is 0. The van der Waals surface area contributed by atoms with Gasteiger partial charge in [0.2, 0.25) is 0 Å². The number of aryl methyl sites for hydroxylation is 1. The van der Waals surface area contributed by atoms with Crippen LogP contribution in [0, 0.1) is 30.6 Å². The monoisotopic (exact) mass is 355 g/mol. The number of halogens is 1. The van der Waals surface area contributed by atoms with E-state index in [1.54, 1.807) is 13.1 Å². The number of nitriles is 1. The molecule has 1 heterocycles. The van der Waals surface area contributed by atoms with Gasteiger partial charge in [-0.15, -0.1) is 6.42 Å². The Morgan fingerprint density at radius 2 is 2.24 bits per heavy atom. The first-order chi connectivity index (χ1) is 11.8. The van der Waals surface area contributed by atoms with E-state index in [0.717, 1.165) is 16.5 Å². The van der Waals surface area contributed by atoms with Gasteiger partial charge in [-0.25, -0.2) is 4.39 Å². The average Bonchev–Trinajstić information content (AvgIpc) is 2.60. The molecule has 0 amide bonds. The lowest BCUT2D eigenvalue weighted by atomic mass is 10.1. The molecule has 0 aliphatic rings. The number of thiocarbonyl (C=S) groups is 1. The minimum atomic E-state index is -1.36. The molecule has 0 aliphatic heterocycles. The number of nitrogens with one attached hydrogen (secondary N) is 1. The number of hydrogen-bond donors (Lipinski definition) is 1. The Hall–Kier alpha value is -2.70. The van der Waals surface area contributed by atoms with Crippen molar-refractivity contribution in [2.45, 2.75) is 32.4 Å². The molecule has 0 bridgehead atoms. The van der Waals surface area contributed by atoms with Gasteiger partial charge in [-0.3, -0.25) is 4.98 Å². The first-order valence-corrected chi connectivity index (χ1v) is 8.05. The Labute approximate surface area is 152 Å². The van der Waals surface area contributed by atoms with Gasteiger partial charge in [-0.05, 0) is 44.5 Å². The predicted octanol–water partition coefficient (Wildman–Crippen LogP) is 3.46. The molecule has 0 saturated heterocycles. The van der Waals surface area contributed by atoms with Gasteiger partial charge in [0.05, 0.1) is 11.6 Å². The number of terminal acetylenes is 1. The van der Waals surface area contributed by atoms with Crippen LogP contribution in [0.1, 0.15) is 25.0 Å².